The maximum absolute atomic E-state index is 12.2. The number of benzene rings is 1. The Morgan fingerprint density at radius 2 is 1.80 bits per heavy atom. The summed E-state index contributed by atoms with van der Waals surface area (Å²) in [4.78, 5) is 12.2. The van der Waals surface area contributed by atoms with Crippen LogP contribution < -0.4 is 9.62 Å². The van der Waals surface area contributed by atoms with Crippen molar-refractivity contribution < 1.29 is 13.2 Å². The van der Waals surface area contributed by atoms with E-state index in [1.807, 2.05) is 13.8 Å². The molecule has 1 N–H and O–H groups in total. The molecular formula is C14H22N2O3S. The zero-order chi connectivity index (χ0) is 15.3. The molecule has 112 valence electrons. The van der Waals surface area contributed by atoms with Gasteiger partial charge in [0.1, 0.15) is 6.04 Å². The standard InChI is InChI=1S/C14H22N2O3S/c1-5-11(2)15-14(17)12(3)16(20(4,18)19)13-9-7-6-8-10-13/h6-12H,5H2,1-4H3,(H,15,17)/t11-,12-/m0/s1. The highest BCUT2D eigenvalue weighted by Gasteiger charge is 2.29. The molecule has 5 nitrogen and oxygen atoms in total. The summed E-state index contributed by atoms with van der Waals surface area (Å²) in [5.74, 6) is -0.298. The summed E-state index contributed by atoms with van der Waals surface area (Å²) in [7, 11) is -3.53. The van der Waals surface area contributed by atoms with E-state index in [0.29, 0.717) is 5.69 Å². The molecule has 0 unspecified atom stereocenters. The van der Waals surface area contributed by atoms with Gasteiger partial charge in [0.25, 0.3) is 0 Å². The number of hydrogen-bond donors (Lipinski definition) is 1. The Morgan fingerprint density at radius 1 is 1.25 bits per heavy atom. The Morgan fingerprint density at radius 3 is 2.25 bits per heavy atom. The molecule has 0 spiro atoms. The van der Waals surface area contributed by atoms with E-state index in [-0.39, 0.29) is 11.9 Å². The van der Waals surface area contributed by atoms with E-state index in [1.165, 1.54) is 0 Å². The van der Waals surface area contributed by atoms with Crippen LogP contribution in [0.2, 0.25) is 0 Å². The quantitative estimate of drug-likeness (QED) is 0.870. The van der Waals surface area contributed by atoms with Crippen LogP contribution in [-0.2, 0) is 14.8 Å². The normalized spacial score (nSPS) is 14.4. The highest BCUT2D eigenvalue weighted by Crippen LogP contribution is 2.20. The predicted octanol–water partition coefficient (Wildman–Crippen LogP) is 1.76. The van der Waals surface area contributed by atoms with E-state index in [0.717, 1.165) is 17.0 Å². The number of sulfonamides is 1. The van der Waals surface area contributed by atoms with Crippen molar-refractivity contribution in [2.24, 2.45) is 0 Å². The highest BCUT2D eigenvalue weighted by molar-refractivity contribution is 7.92. The molecule has 1 aromatic carbocycles. The van der Waals surface area contributed by atoms with Crippen LogP contribution in [-0.4, -0.2) is 32.7 Å². The van der Waals surface area contributed by atoms with Crippen molar-refractivity contribution >= 4 is 21.6 Å². The van der Waals surface area contributed by atoms with Crippen molar-refractivity contribution in [2.45, 2.75) is 39.3 Å². The molecule has 0 radical (unpaired) electrons. The predicted molar refractivity (Wildman–Crippen MR) is 81.1 cm³/mol. The van der Waals surface area contributed by atoms with Gasteiger partial charge in [-0.1, -0.05) is 25.1 Å². The van der Waals surface area contributed by atoms with Gasteiger partial charge >= 0.3 is 0 Å². The Bertz CT molecular complexity index is 543. The third-order valence-corrected chi connectivity index (χ3v) is 4.34. The second kappa shape index (κ2) is 6.74. The van der Waals surface area contributed by atoms with E-state index >= 15 is 0 Å². The van der Waals surface area contributed by atoms with E-state index in [9.17, 15) is 13.2 Å². The summed E-state index contributed by atoms with van der Waals surface area (Å²) in [5, 5.41) is 2.81. The van der Waals surface area contributed by atoms with E-state index < -0.39 is 16.1 Å². The van der Waals surface area contributed by atoms with Gasteiger partial charge in [-0.2, -0.15) is 0 Å². The molecule has 1 aromatic rings. The van der Waals surface area contributed by atoms with Gasteiger partial charge < -0.3 is 5.32 Å². The minimum atomic E-state index is -3.53. The van der Waals surface area contributed by atoms with E-state index in [4.69, 9.17) is 0 Å². The summed E-state index contributed by atoms with van der Waals surface area (Å²) >= 11 is 0. The fourth-order valence-electron chi connectivity index (χ4n) is 1.85. The smallest absolute Gasteiger partial charge is 0.243 e. The largest absolute Gasteiger partial charge is 0.352 e. The summed E-state index contributed by atoms with van der Waals surface area (Å²) in [6, 6.07) is 7.86. The summed E-state index contributed by atoms with van der Waals surface area (Å²) < 4.78 is 25.1. The van der Waals surface area contributed by atoms with Crippen LogP contribution >= 0.6 is 0 Å². The maximum Gasteiger partial charge on any atom is 0.243 e. The molecule has 0 aromatic heterocycles. The molecule has 0 saturated carbocycles. The molecule has 2 atom stereocenters. The van der Waals surface area contributed by atoms with Crippen molar-refractivity contribution in [1.29, 1.82) is 0 Å². The summed E-state index contributed by atoms with van der Waals surface area (Å²) in [5.41, 5.74) is 0.488. The molecule has 1 amide bonds. The van der Waals surface area contributed by atoms with Crippen LogP contribution in [0.4, 0.5) is 5.69 Å². The average molecular weight is 298 g/mol. The Hall–Kier alpha value is -1.56. The number of carbonyl (C=O) groups excluding carboxylic acids is 1. The third-order valence-electron chi connectivity index (χ3n) is 3.10. The van der Waals surface area contributed by atoms with Gasteiger partial charge in [-0.3, -0.25) is 9.10 Å². The van der Waals surface area contributed by atoms with Gasteiger partial charge in [0, 0.05) is 6.04 Å². The molecule has 1 rings (SSSR count). The molecule has 0 saturated heterocycles. The van der Waals surface area contributed by atoms with Crippen molar-refractivity contribution in [2.75, 3.05) is 10.6 Å². The molecular weight excluding hydrogens is 276 g/mol. The molecule has 0 fully saturated rings. The van der Waals surface area contributed by atoms with Crippen LogP contribution in [0.1, 0.15) is 27.2 Å². The van der Waals surface area contributed by atoms with E-state index in [2.05, 4.69) is 5.32 Å². The van der Waals surface area contributed by atoms with Gasteiger partial charge in [0.2, 0.25) is 15.9 Å². The molecule has 0 heterocycles. The fourth-order valence-corrected chi connectivity index (χ4v) is 3.02. The van der Waals surface area contributed by atoms with Gasteiger partial charge in [0.15, 0.2) is 0 Å². The number of hydrogen-bond acceptors (Lipinski definition) is 3. The van der Waals surface area contributed by atoms with Crippen LogP contribution in [0.25, 0.3) is 0 Å². The molecule has 6 heteroatoms. The SMILES string of the molecule is CC[C@H](C)NC(=O)[C@H](C)N(c1ccccc1)S(C)(=O)=O. The topological polar surface area (TPSA) is 66.5 Å². The van der Waals surface area contributed by atoms with Crippen molar-refractivity contribution in [3.05, 3.63) is 30.3 Å². The fraction of sp³-hybridized carbons (Fsp3) is 0.500. The second-order valence-electron chi connectivity index (χ2n) is 4.89. The average Bonchev–Trinajstić information content (AvgIpc) is 2.38. The summed E-state index contributed by atoms with van der Waals surface area (Å²) in [6.45, 7) is 5.44. The highest BCUT2D eigenvalue weighted by atomic mass is 32.2. The number of nitrogens with zero attached hydrogens (tertiary/aromatic N) is 1. The van der Waals surface area contributed by atoms with Crippen molar-refractivity contribution in [3.8, 4) is 0 Å². The van der Waals surface area contributed by atoms with E-state index in [1.54, 1.807) is 37.3 Å². The number of nitrogens with one attached hydrogen (secondary N) is 1. The van der Waals surface area contributed by atoms with Crippen molar-refractivity contribution in [3.63, 3.8) is 0 Å². The minimum Gasteiger partial charge on any atom is -0.352 e. The first-order valence-corrected chi connectivity index (χ1v) is 8.47. The number of anilines is 1. The molecule has 0 aliphatic rings. The lowest BCUT2D eigenvalue weighted by molar-refractivity contribution is -0.122. The molecule has 0 aliphatic carbocycles. The lowest BCUT2D eigenvalue weighted by Crippen LogP contribution is -2.49. The first kappa shape index (κ1) is 16.5. The zero-order valence-electron chi connectivity index (χ0n) is 12.3. The van der Waals surface area contributed by atoms with Gasteiger partial charge in [-0.05, 0) is 32.4 Å². The zero-order valence-corrected chi connectivity index (χ0v) is 13.1. The summed E-state index contributed by atoms with van der Waals surface area (Å²) in [6.07, 6.45) is 1.90. The monoisotopic (exact) mass is 298 g/mol. The maximum atomic E-state index is 12.2. The number of para-hydroxylation sites is 1. The van der Waals surface area contributed by atoms with Crippen LogP contribution in [0, 0.1) is 0 Å². The number of amides is 1. The lowest BCUT2D eigenvalue weighted by Gasteiger charge is -2.29. The lowest BCUT2D eigenvalue weighted by atomic mass is 10.2. The van der Waals surface area contributed by atoms with Crippen molar-refractivity contribution in [1.82, 2.24) is 5.32 Å². The van der Waals surface area contributed by atoms with Crippen LogP contribution in [0.3, 0.4) is 0 Å². The third kappa shape index (κ3) is 4.23. The van der Waals surface area contributed by atoms with Gasteiger partial charge in [-0.15, -0.1) is 0 Å². The van der Waals surface area contributed by atoms with Crippen LogP contribution in [0.15, 0.2) is 30.3 Å². The second-order valence-corrected chi connectivity index (χ2v) is 6.75. The first-order chi connectivity index (χ1) is 9.27. The van der Waals surface area contributed by atoms with Gasteiger partial charge in [0.05, 0.1) is 11.9 Å². The van der Waals surface area contributed by atoms with Gasteiger partial charge in [-0.25, -0.2) is 8.42 Å². The van der Waals surface area contributed by atoms with Crippen LogP contribution in [0.5, 0.6) is 0 Å². The Balaban J connectivity index is 3.05. The minimum absolute atomic E-state index is 0.0159. The Kier molecular flexibility index (Phi) is 5.56. The number of rotatable bonds is 6. The molecule has 0 aliphatic heterocycles. The Labute approximate surface area is 121 Å². The molecule has 20 heavy (non-hydrogen) atoms. The first-order valence-electron chi connectivity index (χ1n) is 6.62. The number of carbonyl (C=O) groups is 1. The molecule has 0 bridgehead atoms.